The average Bonchev–Trinajstić information content (AvgIpc) is 2.47. The summed E-state index contributed by atoms with van der Waals surface area (Å²) in [5.74, 6) is 0.0286. The van der Waals surface area contributed by atoms with Crippen LogP contribution in [0.2, 0.25) is 5.02 Å². The van der Waals surface area contributed by atoms with E-state index < -0.39 is 16.6 Å². The smallest absolute Gasteiger partial charge is 0.350 e. The quantitative estimate of drug-likeness (QED) is 0.374. The van der Waals surface area contributed by atoms with E-state index in [2.05, 4.69) is 0 Å². The van der Waals surface area contributed by atoms with Gasteiger partial charge < -0.3 is 9.47 Å². The van der Waals surface area contributed by atoms with Gasteiger partial charge in [-0.15, -0.1) is 0 Å². The zero-order chi connectivity index (χ0) is 15.4. The third kappa shape index (κ3) is 3.49. The molecule has 0 saturated heterocycles. The Morgan fingerprint density at radius 3 is 2.33 bits per heavy atom. The maximum atomic E-state index is 12.0. The lowest BCUT2D eigenvalue weighted by atomic mass is 10.2. The molecule has 2 rings (SSSR count). The van der Waals surface area contributed by atoms with Crippen molar-refractivity contribution in [3.63, 3.8) is 0 Å². The highest BCUT2D eigenvalue weighted by Crippen LogP contribution is 2.25. The van der Waals surface area contributed by atoms with Gasteiger partial charge in [-0.2, -0.15) is 0 Å². The van der Waals surface area contributed by atoms with E-state index in [1.165, 1.54) is 31.4 Å². The number of nitro benzene ring substituents is 1. The predicted molar refractivity (Wildman–Crippen MR) is 76.1 cm³/mol. The lowest BCUT2D eigenvalue weighted by molar-refractivity contribution is -0.385. The van der Waals surface area contributed by atoms with Crippen LogP contribution in [0.15, 0.2) is 42.5 Å². The molecule has 108 valence electrons. The molecule has 0 heterocycles. The summed E-state index contributed by atoms with van der Waals surface area (Å²) in [6, 6.07) is 10.0. The monoisotopic (exact) mass is 307 g/mol. The molecule has 0 fully saturated rings. The number of nitro groups is 1. The molecule has 0 aliphatic heterocycles. The van der Waals surface area contributed by atoms with E-state index in [-0.39, 0.29) is 16.3 Å². The van der Waals surface area contributed by atoms with Crippen molar-refractivity contribution in [3.8, 4) is 11.5 Å². The third-order valence-electron chi connectivity index (χ3n) is 2.65. The lowest BCUT2D eigenvalue weighted by Crippen LogP contribution is -2.11. The number of hydrogen-bond acceptors (Lipinski definition) is 5. The van der Waals surface area contributed by atoms with Crippen molar-refractivity contribution < 1.29 is 19.2 Å². The van der Waals surface area contributed by atoms with Gasteiger partial charge in [-0.05, 0) is 36.4 Å². The van der Waals surface area contributed by atoms with Crippen LogP contribution in [0.1, 0.15) is 10.4 Å². The Morgan fingerprint density at radius 2 is 1.76 bits per heavy atom. The Morgan fingerprint density at radius 1 is 1.14 bits per heavy atom. The van der Waals surface area contributed by atoms with E-state index in [9.17, 15) is 14.9 Å². The largest absolute Gasteiger partial charge is 0.497 e. The van der Waals surface area contributed by atoms with Gasteiger partial charge in [0, 0.05) is 11.1 Å². The van der Waals surface area contributed by atoms with E-state index in [4.69, 9.17) is 21.1 Å². The van der Waals surface area contributed by atoms with Crippen molar-refractivity contribution in [1.29, 1.82) is 0 Å². The highest BCUT2D eigenvalue weighted by atomic mass is 35.5. The van der Waals surface area contributed by atoms with E-state index in [0.29, 0.717) is 5.75 Å². The SMILES string of the molecule is COc1ccc(OC(=O)c2ccc(Cl)cc2[N+](=O)[O-])cc1. The molecule has 0 bridgehead atoms. The molecule has 0 aliphatic carbocycles. The molecular formula is C14H10ClNO5. The van der Waals surface area contributed by atoms with Crippen molar-refractivity contribution in [2.24, 2.45) is 0 Å². The number of methoxy groups -OCH3 is 1. The second kappa shape index (κ2) is 6.23. The molecule has 0 atom stereocenters. The first-order valence-corrected chi connectivity index (χ1v) is 6.19. The van der Waals surface area contributed by atoms with Gasteiger partial charge in [0.15, 0.2) is 0 Å². The zero-order valence-electron chi connectivity index (χ0n) is 10.9. The summed E-state index contributed by atoms with van der Waals surface area (Å²) in [5.41, 5.74) is -0.568. The van der Waals surface area contributed by atoms with Crippen LogP contribution in [0, 0.1) is 10.1 Å². The van der Waals surface area contributed by atoms with Gasteiger partial charge in [0.2, 0.25) is 0 Å². The van der Waals surface area contributed by atoms with Crippen LogP contribution in [-0.4, -0.2) is 18.0 Å². The number of nitrogens with zero attached hydrogens (tertiary/aromatic N) is 1. The van der Waals surface area contributed by atoms with Crippen molar-refractivity contribution in [2.75, 3.05) is 7.11 Å². The first-order chi connectivity index (χ1) is 10.0. The number of benzene rings is 2. The highest BCUT2D eigenvalue weighted by molar-refractivity contribution is 6.31. The molecule has 21 heavy (non-hydrogen) atoms. The van der Waals surface area contributed by atoms with E-state index in [1.54, 1.807) is 12.1 Å². The van der Waals surface area contributed by atoms with Crippen LogP contribution in [0.4, 0.5) is 5.69 Å². The maximum absolute atomic E-state index is 12.0. The van der Waals surface area contributed by atoms with Crippen LogP contribution in [-0.2, 0) is 0 Å². The summed E-state index contributed by atoms with van der Waals surface area (Å²) in [7, 11) is 1.51. The summed E-state index contributed by atoms with van der Waals surface area (Å²) >= 11 is 5.69. The van der Waals surface area contributed by atoms with Crippen LogP contribution in [0.3, 0.4) is 0 Å². The first kappa shape index (κ1) is 14.8. The van der Waals surface area contributed by atoms with Crippen molar-refractivity contribution in [2.45, 2.75) is 0 Å². The summed E-state index contributed by atoms with van der Waals surface area (Å²) in [6.45, 7) is 0. The third-order valence-corrected chi connectivity index (χ3v) is 2.88. The minimum absolute atomic E-state index is 0.166. The predicted octanol–water partition coefficient (Wildman–Crippen LogP) is 3.48. The van der Waals surface area contributed by atoms with Crippen LogP contribution < -0.4 is 9.47 Å². The van der Waals surface area contributed by atoms with Crippen LogP contribution in [0.25, 0.3) is 0 Å². The van der Waals surface area contributed by atoms with Gasteiger partial charge in [-0.3, -0.25) is 10.1 Å². The normalized spacial score (nSPS) is 10.0. The number of hydrogen-bond donors (Lipinski definition) is 0. The first-order valence-electron chi connectivity index (χ1n) is 5.81. The highest BCUT2D eigenvalue weighted by Gasteiger charge is 2.22. The number of carbonyl (C=O) groups excluding carboxylic acids is 1. The molecule has 6 nitrogen and oxygen atoms in total. The van der Waals surface area contributed by atoms with E-state index in [1.807, 2.05) is 0 Å². The fraction of sp³-hybridized carbons (Fsp3) is 0.0714. The summed E-state index contributed by atoms with van der Waals surface area (Å²) in [6.07, 6.45) is 0. The van der Waals surface area contributed by atoms with Crippen LogP contribution in [0.5, 0.6) is 11.5 Å². The molecule has 2 aromatic rings. The molecule has 7 heteroatoms. The molecule has 0 spiro atoms. The molecule has 0 saturated carbocycles. The second-order valence-electron chi connectivity index (χ2n) is 3.98. The minimum Gasteiger partial charge on any atom is -0.497 e. The number of rotatable bonds is 4. The number of ether oxygens (including phenoxy) is 2. The number of esters is 1. The molecular weight excluding hydrogens is 298 g/mol. The van der Waals surface area contributed by atoms with E-state index in [0.717, 1.165) is 6.07 Å². The van der Waals surface area contributed by atoms with E-state index >= 15 is 0 Å². The maximum Gasteiger partial charge on any atom is 0.350 e. The standard InChI is InChI=1S/C14H10ClNO5/c1-20-10-3-5-11(6-4-10)21-14(17)12-7-2-9(15)8-13(12)16(18)19/h2-8H,1H3. The van der Waals surface area contributed by atoms with Crippen LogP contribution >= 0.6 is 11.6 Å². The van der Waals surface area contributed by atoms with Gasteiger partial charge in [0.1, 0.15) is 17.1 Å². The van der Waals surface area contributed by atoms with Gasteiger partial charge in [-0.25, -0.2) is 4.79 Å². The Kier molecular flexibility index (Phi) is 4.39. The topological polar surface area (TPSA) is 78.7 Å². The minimum atomic E-state index is -0.830. The number of halogens is 1. The summed E-state index contributed by atoms with van der Waals surface area (Å²) in [4.78, 5) is 22.3. The fourth-order valence-corrected chi connectivity index (χ4v) is 1.80. The van der Waals surface area contributed by atoms with Gasteiger partial charge in [0.05, 0.1) is 12.0 Å². The molecule has 0 amide bonds. The van der Waals surface area contributed by atoms with Crippen molar-refractivity contribution in [3.05, 3.63) is 63.2 Å². The zero-order valence-corrected chi connectivity index (χ0v) is 11.7. The summed E-state index contributed by atoms with van der Waals surface area (Å²) in [5, 5.41) is 11.1. The molecule has 0 aromatic heterocycles. The summed E-state index contributed by atoms with van der Waals surface area (Å²) < 4.78 is 10.1. The Labute approximate surface area is 125 Å². The fourth-order valence-electron chi connectivity index (χ4n) is 1.63. The average molecular weight is 308 g/mol. The Bertz CT molecular complexity index is 684. The molecule has 0 radical (unpaired) electrons. The van der Waals surface area contributed by atoms with Gasteiger partial charge in [-0.1, -0.05) is 11.6 Å². The molecule has 2 aromatic carbocycles. The van der Waals surface area contributed by atoms with Gasteiger partial charge in [0.25, 0.3) is 5.69 Å². The van der Waals surface area contributed by atoms with Gasteiger partial charge >= 0.3 is 5.97 Å². The molecule has 0 aliphatic rings. The molecule has 0 unspecified atom stereocenters. The Hall–Kier alpha value is -2.60. The van der Waals surface area contributed by atoms with Crippen molar-refractivity contribution >= 4 is 23.3 Å². The van der Waals surface area contributed by atoms with Crippen molar-refractivity contribution in [1.82, 2.24) is 0 Å². The number of carbonyl (C=O) groups is 1. The Balaban J connectivity index is 2.25. The lowest BCUT2D eigenvalue weighted by Gasteiger charge is -2.06. The second-order valence-corrected chi connectivity index (χ2v) is 4.42. The molecule has 0 N–H and O–H groups in total.